The van der Waals surface area contributed by atoms with Crippen molar-refractivity contribution in [1.82, 2.24) is 5.32 Å². The van der Waals surface area contributed by atoms with E-state index in [1.165, 1.54) is 24.3 Å². The molecule has 2 aromatic carbocycles. The number of hydrogen-bond donors (Lipinski definition) is 2. The summed E-state index contributed by atoms with van der Waals surface area (Å²) in [4.78, 5) is 27.1. The number of phenolic OH excluding ortho intramolecular Hbond substituents is 1. The van der Waals surface area contributed by atoms with Crippen LogP contribution in [-0.4, -0.2) is 21.1 Å². The number of phenols is 1. The number of rotatable bonds is 3. The minimum atomic E-state index is -0.491. The van der Waals surface area contributed by atoms with Gasteiger partial charge in [-0.2, -0.15) is 0 Å². The molecule has 1 aliphatic rings. The fourth-order valence-corrected chi connectivity index (χ4v) is 2.87. The molecular formula is C16H11N3O4S. The molecule has 7 nitrogen and oxygen atoms in total. The van der Waals surface area contributed by atoms with Crippen molar-refractivity contribution in [3.05, 3.63) is 69.1 Å². The predicted octanol–water partition coefficient (Wildman–Crippen LogP) is 3.19. The minimum absolute atomic E-state index is 0.0673. The molecule has 0 unspecified atom stereocenters. The molecule has 0 radical (unpaired) electrons. The Labute approximate surface area is 140 Å². The first-order valence-corrected chi connectivity index (χ1v) is 7.66. The summed E-state index contributed by atoms with van der Waals surface area (Å²) in [6.45, 7) is 0. The van der Waals surface area contributed by atoms with Gasteiger partial charge in [-0.25, -0.2) is 4.99 Å². The molecular weight excluding hydrogens is 330 g/mol. The fraction of sp³-hybridized carbons (Fsp3) is 0. The summed E-state index contributed by atoms with van der Waals surface area (Å²) in [6, 6.07) is 12.4. The Hall–Kier alpha value is -3.13. The van der Waals surface area contributed by atoms with Crippen LogP contribution in [0.5, 0.6) is 5.75 Å². The topological polar surface area (TPSA) is 105 Å². The van der Waals surface area contributed by atoms with Crippen LogP contribution in [0.2, 0.25) is 0 Å². The summed E-state index contributed by atoms with van der Waals surface area (Å²) >= 11 is 1.10. The lowest BCUT2D eigenvalue weighted by Crippen LogP contribution is -2.19. The molecule has 8 heteroatoms. The molecule has 0 atom stereocenters. The molecule has 0 aromatic heterocycles. The molecule has 0 saturated carbocycles. The van der Waals surface area contributed by atoms with Crippen LogP contribution in [0.1, 0.15) is 5.56 Å². The van der Waals surface area contributed by atoms with Crippen LogP contribution in [0, 0.1) is 10.1 Å². The number of nitro benzene ring substituents is 1. The highest BCUT2D eigenvalue weighted by molar-refractivity contribution is 8.18. The Bertz CT molecular complexity index is 875. The molecule has 0 spiro atoms. The number of nitro groups is 1. The summed E-state index contributed by atoms with van der Waals surface area (Å²) < 4.78 is 0. The van der Waals surface area contributed by atoms with E-state index in [2.05, 4.69) is 10.3 Å². The highest BCUT2D eigenvalue weighted by Crippen LogP contribution is 2.30. The van der Waals surface area contributed by atoms with Crippen molar-refractivity contribution >= 4 is 40.3 Å². The van der Waals surface area contributed by atoms with Crippen LogP contribution in [0.25, 0.3) is 6.08 Å². The molecule has 2 aromatic rings. The van der Waals surface area contributed by atoms with E-state index >= 15 is 0 Å². The maximum Gasteiger partial charge on any atom is 0.276 e. The molecule has 1 heterocycles. The largest absolute Gasteiger partial charge is 0.508 e. The predicted molar refractivity (Wildman–Crippen MR) is 92.0 cm³/mol. The van der Waals surface area contributed by atoms with Gasteiger partial charge in [0, 0.05) is 6.07 Å². The summed E-state index contributed by atoms with van der Waals surface area (Å²) in [5.41, 5.74) is 0.857. The highest BCUT2D eigenvalue weighted by Gasteiger charge is 2.25. The Morgan fingerprint density at radius 2 is 1.88 bits per heavy atom. The van der Waals surface area contributed by atoms with Crippen LogP contribution >= 0.6 is 11.8 Å². The summed E-state index contributed by atoms with van der Waals surface area (Å²) in [6.07, 6.45) is 1.47. The van der Waals surface area contributed by atoms with Crippen molar-refractivity contribution in [2.24, 2.45) is 4.99 Å². The monoisotopic (exact) mass is 341 g/mol. The molecule has 120 valence electrons. The van der Waals surface area contributed by atoms with Crippen LogP contribution in [0.3, 0.4) is 0 Å². The molecule has 3 rings (SSSR count). The summed E-state index contributed by atoms with van der Waals surface area (Å²) in [5.74, 6) is -0.241. The molecule has 1 saturated heterocycles. The average molecular weight is 341 g/mol. The first-order chi connectivity index (χ1) is 11.5. The fourth-order valence-electron chi connectivity index (χ4n) is 2.04. The van der Waals surface area contributed by atoms with Crippen LogP contribution in [-0.2, 0) is 4.79 Å². The van der Waals surface area contributed by atoms with Crippen molar-refractivity contribution in [1.29, 1.82) is 0 Å². The van der Waals surface area contributed by atoms with Gasteiger partial charge in [0.2, 0.25) is 0 Å². The van der Waals surface area contributed by atoms with E-state index in [-0.39, 0.29) is 17.3 Å². The SMILES string of the molecule is O=C1NC(=Nc2ccc(O)cc2)S/C1=C\c1ccccc1[N+](=O)[O-]. The zero-order chi connectivity index (χ0) is 17.1. The van der Waals surface area contributed by atoms with Gasteiger partial charge in [-0.05, 0) is 48.2 Å². The van der Waals surface area contributed by atoms with E-state index in [0.717, 1.165) is 11.8 Å². The third-order valence-corrected chi connectivity index (χ3v) is 4.06. The molecule has 2 N–H and O–H groups in total. The maximum absolute atomic E-state index is 12.0. The summed E-state index contributed by atoms with van der Waals surface area (Å²) in [7, 11) is 0. The van der Waals surface area contributed by atoms with E-state index in [0.29, 0.717) is 21.3 Å². The van der Waals surface area contributed by atoms with Gasteiger partial charge >= 0.3 is 0 Å². The smallest absolute Gasteiger partial charge is 0.276 e. The number of carbonyl (C=O) groups is 1. The first-order valence-electron chi connectivity index (χ1n) is 6.85. The number of benzene rings is 2. The maximum atomic E-state index is 12.0. The van der Waals surface area contributed by atoms with Crippen molar-refractivity contribution in [2.45, 2.75) is 0 Å². The quantitative estimate of drug-likeness (QED) is 0.507. The van der Waals surface area contributed by atoms with Crippen molar-refractivity contribution < 1.29 is 14.8 Å². The van der Waals surface area contributed by atoms with Gasteiger partial charge < -0.3 is 10.4 Å². The Morgan fingerprint density at radius 3 is 2.58 bits per heavy atom. The van der Waals surface area contributed by atoms with Gasteiger partial charge in [-0.3, -0.25) is 14.9 Å². The number of aromatic hydroxyl groups is 1. The van der Waals surface area contributed by atoms with Gasteiger partial charge in [0.15, 0.2) is 5.17 Å². The van der Waals surface area contributed by atoms with Gasteiger partial charge in [0.05, 0.1) is 21.1 Å². The van der Waals surface area contributed by atoms with Crippen molar-refractivity contribution in [3.63, 3.8) is 0 Å². The Morgan fingerprint density at radius 1 is 1.17 bits per heavy atom. The second kappa shape index (κ2) is 6.55. The molecule has 24 heavy (non-hydrogen) atoms. The number of thioether (sulfide) groups is 1. The zero-order valence-electron chi connectivity index (χ0n) is 12.2. The third kappa shape index (κ3) is 3.44. The lowest BCUT2D eigenvalue weighted by molar-refractivity contribution is -0.385. The van der Waals surface area contributed by atoms with E-state index in [9.17, 15) is 20.0 Å². The number of hydrogen-bond acceptors (Lipinski definition) is 6. The van der Waals surface area contributed by atoms with E-state index < -0.39 is 4.92 Å². The van der Waals surface area contributed by atoms with Crippen LogP contribution < -0.4 is 5.32 Å². The van der Waals surface area contributed by atoms with Crippen molar-refractivity contribution in [2.75, 3.05) is 0 Å². The average Bonchev–Trinajstić information content (AvgIpc) is 2.89. The number of amidine groups is 1. The van der Waals surface area contributed by atoms with E-state index in [1.54, 1.807) is 30.3 Å². The Balaban J connectivity index is 1.88. The van der Waals surface area contributed by atoms with Crippen LogP contribution in [0.4, 0.5) is 11.4 Å². The number of amides is 1. The molecule has 0 bridgehead atoms. The minimum Gasteiger partial charge on any atom is -0.508 e. The van der Waals surface area contributed by atoms with Crippen LogP contribution in [0.15, 0.2) is 58.4 Å². The van der Waals surface area contributed by atoms with Gasteiger partial charge in [0.1, 0.15) is 5.75 Å². The van der Waals surface area contributed by atoms with E-state index in [4.69, 9.17) is 0 Å². The molecule has 1 amide bonds. The van der Waals surface area contributed by atoms with E-state index in [1.807, 2.05) is 0 Å². The second-order valence-electron chi connectivity index (χ2n) is 4.81. The standard InChI is InChI=1S/C16H11N3O4S/c20-12-7-5-11(6-8-12)17-16-18-15(21)14(24-16)9-10-3-1-2-4-13(10)19(22)23/h1-9,20H,(H,17,18,21)/b14-9-. The summed E-state index contributed by atoms with van der Waals surface area (Å²) in [5, 5.41) is 23.3. The van der Waals surface area contributed by atoms with Gasteiger partial charge in [0.25, 0.3) is 11.6 Å². The molecule has 1 aliphatic heterocycles. The normalized spacial score (nSPS) is 17.2. The van der Waals surface area contributed by atoms with Crippen molar-refractivity contribution in [3.8, 4) is 5.75 Å². The third-order valence-electron chi connectivity index (χ3n) is 3.15. The Kier molecular flexibility index (Phi) is 4.30. The number of nitrogens with one attached hydrogen (secondary N) is 1. The number of para-hydroxylation sites is 1. The molecule has 1 fully saturated rings. The number of carbonyl (C=O) groups excluding carboxylic acids is 1. The number of aliphatic imine (C=N–C) groups is 1. The number of nitrogens with zero attached hydrogens (tertiary/aromatic N) is 2. The zero-order valence-corrected chi connectivity index (χ0v) is 13.0. The first kappa shape index (κ1) is 15.8. The highest BCUT2D eigenvalue weighted by atomic mass is 32.2. The van der Waals surface area contributed by atoms with Gasteiger partial charge in [-0.1, -0.05) is 12.1 Å². The van der Waals surface area contributed by atoms with Gasteiger partial charge in [-0.15, -0.1) is 0 Å². The lowest BCUT2D eigenvalue weighted by Gasteiger charge is -1.97. The molecule has 0 aliphatic carbocycles. The second-order valence-corrected chi connectivity index (χ2v) is 5.84. The lowest BCUT2D eigenvalue weighted by atomic mass is 10.1.